The largest absolute Gasteiger partial charge is 0.330 e. The molecule has 8 nitrogen and oxygen atoms in total. The highest BCUT2D eigenvalue weighted by atomic mass is 16.1. The minimum absolute atomic E-state index is 0.0922. The molecule has 0 bridgehead atoms. The first-order valence-corrected chi connectivity index (χ1v) is 11.6. The Bertz CT molecular complexity index is 1110. The van der Waals surface area contributed by atoms with Gasteiger partial charge in [-0.1, -0.05) is 12.2 Å². The number of aromatic nitrogens is 3. The second kappa shape index (κ2) is 9.41. The van der Waals surface area contributed by atoms with E-state index in [2.05, 4.69) is 49.4 Å². The number of hydrogen-bond acceptors (Lipinski definition) is 6. The maximum absolute atomic E-state index is 13.0. The van der Waals surface area contributed by atoms with Crippen LogP contribution in [0, 0.1) is 5.92 Å². The molecular weight excluding hydrogens is 414 g/mol. The molecule has 0 spiro atoms. The second-order valence-electron chi connectivity index (χ2n) is 9.28. The number of nitrogens with one attached hydrogen (secondary N) is 1. The molecule has 3 aliphatic rings. The number of likely N-dealkylation sites (N-methyl/N-ethyl adjacent to an activating group) is 1. The number of pyridine rings is 1. The Morgan fingerprint density at radius 3 is 2.82 bits per heavy atom. The van der Waals surface area contributed by atoms with Gasteiger partial charge in [0.25, 0.3) is 5.91 Å². The zero-order valence-corrected chi connectivity index (χ0v) is 19.3. The summed E-state index contributed by atoms with van der Waals surface area (Å²) >= 11 is 0. The third-order valence-electron chi connectivity index (χ3n) is 6.76. The van der Waals surface area contributed by atoms with E-state index in [1.54, 1.807) is 12.3 Å². The van der Waals surface area contributed by atoms with Gasteiger partial charge in [0.05, 0.1) is 11.9 Å². The van der Waals surface area contributed by atoms with Crippen molar-refractivity contribution in [2.45, 2.75) is 25.6 Å². The van der Waals surface area contributed by atoms with E-state index in [4.69, 9.17) is 0 Å². The van der Waals surface area contributed by atoms with Crippen LogP contribution >= 0.6 is 0 Å². The first-order valence-electron chi connectivity index (χ1n) is 11.6. The molecule has 0 radical (unpaired) electrons. The summed E-state index contributed by atoms with van der Waals surface area (Å²) in [5.41, 5.74) is 5.24. The molecule has 1 N–H and O–H groups in total. The Morgan fingerprint density at radius 2 is 2.03 bits per heavy atom. The van der Waals surface area contributed by atoms with Crippen LogP contribution in [0.15, 0.2) is 53.4 Å². The summed E-state index contributed by atoms with van der Waals surface area (Å²) in [6, 6.07) is 3.69. The number of hydrogen-bond donors (Lipinski definition) is 1. The third-order valence-corrected chi connectivity index (χ3v) is 6.76. The molecule has 2 aliphatic heterocycles. The number of rotatable bonds is 5. The molecule has 2 unspecified atom stereocenters. The van der Waals surface area contributed by atoms with E-state index in [-0.39, 0.29) is 12.1 Å². The van der Waals surface area contributed by atoms with E-state index in [0.717, 1.165) is 56.8 Å². The lowest BCUT2D eigenvalue weighted by Gasteiger charge is -2.32. The van der Waals surface area contributed by atoms with Gasteiger partial charge in [-0.15, -0.1) is 0 Å². The molecule has 8 heteroatoms. The van der Waals surface area contributed by atoms with Gasteiger partial charge < -0.3 is 10.2 Å². The Labute approximate surface area is 194 Å². The first kappa shape index (κ1) is 21.7. The Morgan fingerprint density at radius 1 is 1.18 bits per heavy atom. The molecule has 5 rings (SSSR count). The van der Waals surface area contributed by atoms with Crippen molar-refractivity contribution in [3.05, 3.63) is 65.3 Å². The van der Waals surface area contributed by atoms with Crippen molar-refractivity contribution in [2.75, 3.05) is 33.2 Å². The van der Waals surface area contributed by atoms with Gasteiger partial charge in [-0.25, -0.2) is 0 Å². The zero-order valence-electron chi connectivity index (χ0n) is 19.3. The summed E-state index contributed by atoms with van der Waals surface area (Å²) in [5, 5.41) is 7.41. The predicted molar refractivity (Wildman–Crippen MR) is 129 cm³/mol. The minimum atomic E-state index is -0.220. The summed E-state index contributed by atoms with van der Waals surface area (Å²) in [6.45, 7) is 4.96. The van der Waals surface area contributed by atoms with E-state index >= 15 is 0 Å². The standard InChI is InChI=1S/C25H31N7O/c1-30-7-9-32(10-8-30)17-23-12-19(5-6-26-23)25(33)29-24-13-21-11-18(3-4-20(21)14-27-24)22-15-28-31(2)16-22/h3-6,12,14-16,21,24H,7-11,13,17H2,1-2H3,(H,29,33). The average Bonchev–Trinajstić information content (AvgIpc) is 3.26. The molecule has 2 aromatic rings. The predicted octanol–water partition coefficient (Wildman–Crippen LogP) is 2.12. The van der Waals surface area contributed by atoms with Gasteiger partial charge in [-0.2, -0.15) is 5.10 Å². The fourth-order valence-corrected chi connectivity index (χ4v) is 4.73. The number of aryl methyl sites for hydroxylation is 1. The molecular formula is C25H31N7O. The van der Waals surface area contributed by atoms with Gasteiger partial charge in [-0.05, 0) is 49.1 Å². The van der Waals surface area contributed by atoms with E-state index in [1.165, 1.54) is 11.1 Å². The number of piperazine rings is 1. The lowest BCUT2D eigenvalue weighted by Crippen LogP contribution is -2.44. The first-order chi connectivity index (χ1) is 16.0. The van der Waals surface area contributed by atoms with Crippen molar-refractivity contribution in [1.29, 1.82) is 0 Å². The van der Waals surface area contributed by atoms with Gasteiger partial charge in [-0.3, -0.25) is 24.4 Å². The number of carbonyl (C=O) groups is 1. The summed E-state index contributed by atoms with van der Waals surface area (Å²) in [7, 11) is 4.08. The van der Waals surface area contributed by atoms with E-state index in [0.29, 0.717) is 11.5 Å². The number of carbonyl (C=O) groups excluding carboxylic acids is 1. The molecule has 1 amide bonds. The number of allylic oxidation sites excluding steroid dienone is 4. The summed E-state index contributed by atoms with van der Waals surface area (Å²) in [4.78, 5) is 26.8. The fraction of sp³-hybridized carbons (Fsp3) is 0.440. The molecule has 1 saturated heterocycles. The van der Waals surface area contributed by atoms with E-state index in [9.17, 15) is 4.79 Å². The van der Waals surface area contributed by atoms with Crippen molar-refractivity contribution >= 4 is 17.7 Å². The Kier molecular flexibility index (Phi) is 6.20. The van der Waals surface area contributed by atoms with Crippen LogP contribution in [-0.2, 0) is 13.6 Å². The van der Waals surface area contributed by atoms with Gasteiger partial charge >= 0.3 is 0 Å². The second-order valence-corrected chi connectivity index (χ2v) is 9.28. The van der Waals surface area contributed by atoms with Crippen molar-refractivity contribution in [3.63, 3.8) is 0 Å². The molecule has 4 heterocycles. The van der Waals surface area contributed by atoms with Crippen LogP contribution in [0.3, 0.4) is 0 Å². The SMILES string of the molecule is CN1CCN(Cc2cc(C(=O)NC3CC4CC(c5cnn(C)c5)=CC=C4C=N3)ccn2)CC1. The lowest BCUT2D eigenvalue weighted by atomic mass is 9.81. The van der Waals surface area contributed by atoms with Crippen molar-refractivity contribution in [1.82, 2.24) is 29.9 Å². The molecule has 2 aromatic heterocycles. The third kappa shape index (κ3) is 5.12. The van der Waals surface area contributed by atoms with Crippen LogP contribution < -0.4 is 5.32 Å². The minimum Gasteiger partial charge on any atom is -0.330 e. The summed E-state index contributed by atoms with van der Waals surface area (Å²) in [5.74, 6) is 0.253. The number of amides is 1. The highest BCUT2D eigenvalue weighted by Gasteiger charge is 2.27. The van der Waals surface area contributed by atoms with Crippen LogP contribution in [-0.4, -0.2) is 76.1 Å². The molecule has 1 aliphatic carbocycles. The Balaban J connectivity index is 1.20. The Hall–Kier alpha value is -3.10. The lowest BCUT2D eigenvalue weighted by molar-refractivity contribution is 0.0933. The maximum atomic E-state index is 13.0. The van der Waals surface area contributed by atoms with Crippen LogP contribution in [0.1, 0.15) is 34.5 Å². The molecule has 1 fully saturated rings. The normalized spacial score (nSPS) is 23.6. The highest BCUT2D eigenvalue weighted by molar-refractivity contribution is 5.94. The van der Waals surface area contributed by atoms with E-state index in [1.807, 2.05) is 36.4 Å². The topological polar surface area (TPSA) is 78.6 Å². The molecule has 172 valence electrons. The van der Waals surface area contributed by atoms with E-state index < -0.39 is 0 Å². The van der Waals surface area contributed by atoms with Crippen LogP contribution in [0.4, 0.5) is 0 Å². The number of aliphatic imine (C=N–C) groups is 1. The van der Waals surface area contributed by atoms with Crippen LogP contribution in [0.25, 0.3) is 5.57 Å². The van der Waals surface area contributed by atoms with Crippen LogP contribution in [0.2, 0.25) is 0 Å². The average molecular weight is 446 g/mol. The van der Waals surface area contributed by atoms with Gasteiger partial charge in [0, 0.05) is 69.5 Å². The maximum Gasteiger partial charge on any atom is 0.253 e. The summed E-state index contributed by atoms with van der Waals surface area (Å²) < 4.78 is 1.83. The zero-order chi connectivity index (χ0) is 22.8. The van der Waals surface area contributed by atoms with Gasteiger partial charge in [0.15, 0.2) is 0 Å². The molecule has 33 heavy (non-hydrogen) atoms. The molecule has 0 aromatic carbocycles. The van der Waals surface area contributed by atoms with Gasteiger partial charge in [0.2, 0.25) is 0 Å². The van der Waals surface area contributed by atoms with Gasteiger partial charge in [0.1, 0.15) is 6.17 Å². The van der Waals surface area contributed by atoms with Crippen molar-refractivity contribution in [2.24, 2.45) is 18.0 Å². The smallest absolute Gasteiger partial charge is 0.253 e. The highest BCUT2D eigenvalue weighted by Crippen LogP contribution is 2.35. The fourth-order valence-electron chi connectivity index (χ4n) is 4.73. The van der Waals surface area contributed by atoms with Crippen molar-refractivity contribution < 1.29 is 4.79 Å². The molecule has 0 saturated carbocycles. The molecule has 2 atom stereocenters. The number of fused-ring (bicyclic) bond motifs is 1. The monoisotopic (exact) mass is 445 g/mol. The quantitative estimate of drug-likeness (QED) is 0.763. The number of nitrogens with zero attached hydrogens (tertiary/aromatic N) is 6. The summed E-state index contributed by atoms with van der Waals surface area (Å²) in [6.07, 6.45) is 13.4. The van der Waals surface area contributed by atoms with Crippen molar-refractivity contribution in [3.8, 4) is 0 Å². The van der Waals surface area contributed by atoms with Crippen LogP contribution in [0.5, 0.6) is 0 Å².